The first-order chi connectivity index (χ1) is 8.58. The van der Waals surface area contributed by atoms with Crippen molar-refractivity contribution < 1.29 is 4.74 Å². The van der Waals surface area contributed by atoms with Crippen LogP contribution in [0.25, 0.3) is 0 Å². The second-order valence-electron chi connectivity index (χ2n) is 4.56. The van der Waals surface area contributed by atoms with E-state index in [1.165, 1.54) is 5.56 Å². The van der Waals surface area contributed by atoms with Crippen LogP contribution in [0.3, 0.4) is 0 Å². The minimum atomic E-state index is 0.506. The highest BCUT2D eigenvalue weighted by Crippen LogP contribution is 2.24. The summed E-state index contributed by atoms with van der Waals surface area (Å²) < 4.78 is 6.40. The topological polar surface area (TPSA) is 12.5 Å². The summed E-state index contributed by atoms with van der Waals surface area (Å²) in [7, 11) is 1.70. The van der Waals surface area contributed by atoms with Crippen LogP contribution in [0.5, 0.6) is 5.75 Å². The van der Waals surface area contributed by atoms with Gasteiger partial charge in [-0.05, 0) is 50.6 Å². The highest BCUT2D eigenvalue weighted by atomic mass is 79.9. The van der Waals surface area contributed by atoms with E-state index in [0.29, 0.717) is 11.9 Å². The van der Waals surface area contributed by atoms with Gasteiger partial charge < -0.3 is 4.74 Å². The predicted molar refractivity (Wildman–Crippen MR) is 81.6 cm³/mol. The molecule has 0 amide bonds. The van der Waals surface area contributed by atoms with E-state index in [2.05, 4.69) is 40.7 Å². The quantitative estimate of drug-likeness (QED) is 0.689. The van der Waals surface area contributed by atoms with Gasteiger partial charge in [0, 0.05) is 22.9 Å². The molecule has 102 valence electrons. The van der Waals surface area contributed by atoms with Gasteiger partial charge in [-0.3, -0.25) is 4.90 Å². The minimum Gasteiger partial charge on any atom is -0.497 e. The molecule has 4 heteroatoms. The smallest absolute Gasteiger partial charge is 0.119 e. The van der Waals surface area contributed by atoms with Crippen LogP contribution in [-0.4, -0.2) is 30.5 Å². The van der Waals surface area contributed by atoms with E-state index in [9.17, 15) is 0 Å². The summed E-state index contributed by atoms with van der Waals surface area (Å²) in [6.45, 7) is 6.35. The molecule has 0 bridgehead atoms. The van der Waals surface area contributed by atoms with Crippen molar-refractivity contribution in [1.82, 2.24) is 4.90 Å². The molecule has 0 unspecified atom stereocenters. The molecule has 0 saturated carbocycles. The average molecular weight is 335 g/mol. The third kappa shape index (κ3) is 4.79. The van der Waals surface area contributed by atoms with Crippen molar-refractivity contribution in [3.8, 4) is 5.75 Å². The molecule has 1 rings (SSSR count). The van der Waals surface area contributed by atoms with Crippen LogP contribution in [0, 0.1) is 0 Å². The fourth-order valence-corrected chi connectivity index (χ4v) is 2.29. The Morgan fingerprint density at radius 1 is 1.39 bits per heavy atom. The summed E-state index contributed by atoms with van der Waals surface area (Å²) in [5.74, 6) is 1.61. The molecule has 0 heterocycles. The van der Waals surface area contributed by atoms with E-state index >= 15 is 0 Å². The van der Waals surface area contributed by atoms with Gasteiger partial charge in [0.15, 0.2) is 0 Å². The van der Waals surface area contributed by atoms with Crippen molar-refractivity contribution in [3.05, 3.63) is 28.2 Å². The van der Waals surface area contributed by atoms with E-state index in [0.717, 1.165) is 29.7 Å². The number of alkyl halides is 1. The van der Waals surface area contributed by atoms with E-state index < -0.39 is 0 Å². The van der Waals surface area contributed by atoms with Gasteiger partial charge in [-0.1, -0.05) is 15.9 Å². The Morgan fingerprint density at radius 3 is 2.67 bits per heavy atom. The Morgan fingerprint density at radius 2 is 2.11 bits per heavy atom. The van der Waals surface area contributed by atoms with Crippen LogP contribution < -0.4 is 4.74 Å². The molecule has 1 aromatic rings. The van der Waals surface area contributed by atoms with Gasteiger partial charge in [0.05, 0.1) is 7.11 Å². The number of hydrogen-bond donors (Lipinski definition) is 0. The second kappa shape index (κ2) is 8.03. The number of methoxy groups -OCH3 is 1. The van der Waals surface area contributed by atoms with Gasteiger partial charge >= 0.3 is 0 Å². The van der Waals surface area contributed by atoms with Crippen LogP contribution in [0.15, 0.2) is 22.7 Å². The summed E-state index contributed by atoms with van der Waals surface area (Å²) >= 11 is 9.37. The molecule has 0 N–H and O–H groups in total. The fraction of sp³-hybridized carbons (Fsp3) is 0.571. The molecule has 0 aliphatic heterocycles. The van der Waals surface area contributed by atoms with Crippen molar-refractivity contribution in [1.29, 1.82) is 0 Å². The van der Waals surface area contributed by atoms with Crippen molar-refractivity contribution in [3.63, 3.8) is 0 Å². The Labute approximate surface area is 123 Å². The molecule has 0 aliphatic carbocycles. The van der Waals surface area contributed by atoms with E-state index in [1.807, 2.05) is 12.1 Å². The number of ether oxygens (including phenoxy) is 1. The number of nitrogens with zero attached hydrogens (tertiary/aromatic N) is 1. The zero-order chi connectivity index (χ0) is 13.5. The third-order valence-corrected chi connectivity index (χ3v) is 3.98. The Bertz CT molecular complexity index is 371. The van der Waals surface area contributed by atoms with Gasteiger partial charge in [-0.25, -0.2) is 0 Å². The highest BCUT2D eigenvalue weighted by Gasteiger charge is 2.12. The molecule has 0 aliphatic rings. The molecule has 0 atom stereocenters. The molecule has 0 radical (unpaired) electrons. The molecule has 1 aromatic carbocycles. The maximum absolute atomic E-state index is 5.78. The van der Waals surface area contributed by atoms with Crippen molar-refractivity contribution in [2.24, 2.45) is 0 Å². The average Bonchev–Trinajstić information content (AvgIpc) is 2.36. The fourth-order valence-electron chi connectivity index (χ4n) is 1.80. The molecular formula is C14H21BrClNO. The van der Waals surface area contributed by atoms with Crippen molar-refractivity contribution in [2.75, 3.05) is 19.5 Å². The maximum Gasteiger partial charge on any atom is 0.119 e. The third-order valence-electron chi connectivity index (χ3n) is 2.94. The van der Waals surface area contributed by atoms with Crippen molar-refractivity contribution >= 4 is 27.5 Å². The monoisotopic (exact) mass is 333 g/mol. The molecule has 0 aromatic heterocycles. The summed E-state index contributed by atoms with van der Waals surface area (Å²) in [5, 5.41) is 0. The summed E-state index contributed by atoms with van der Waals surface area (Å²) in [6.07, 6.45) is 1.02. The first-order valence-electron chi connectivity index (χ1n) is 6.21. The molecule has 0 spiro atoms. The summed E-state index contributed by atoms with van der Waals surface area (Å²) in [6, 6.07) is 6.59. The van der Waals surface area contributed by atoms with Crippen LogP contribution in [-0.2, 0) is 6.54 Å². The normalized spacial score (nSPS) is 11.3. The van der Waals surface area contributed by atoms with Crippen LogP contribution in [0.4, 0.5) is 0 Å². The van der Waals surface area contributed by atoms with Gasteiger partial charge in [0.1, 0.15) is 5.75 Å². The highest BCUT2D eigenvalue weighted by molar-refractivity contribution is 9.10. The number of halogens is 2. The van der Waals surface area contributed by atoms with E-state index in [1.54, 1.807) is 7.11 Å². The molecule has 0 fully saturated rings. The first-order valence-corrected chi connectivity index (χ1v) is 7.53. The second-order valence-corrected chi connectivity index (χ2v) is 5.80. The predicted octanol–water partition coefficient (Wildman–Crippen LogP) is 4.30. The Kier molecular flexibility index (Phi) is 7.05. The van der Waals surface area contributed by atoms with Crippen molar-refractivity contribution in [2.45, 2.75) is 32.9 Å². The van der Waals surface area contributed by atoms with Gasteiger partial charge in [-0.15, -0.1) is 11.6 Å². The van der Waals surface area contributed by atoms with Crippen LogP contribution >= 0.6 is 27.5 Å². The van der Waals surface area contributed by atoms with Crippen LogP contribution in [0.1, 0.15) is 25.8 Å². The number of rotatable bonds is 7. The largest absolute Gasteiger partial charge is 0.497 e. The minimum absolute atomic E-state index is 0.506. The number of hydrogen-bond acceptors (Lipinski definition) is 2. The Balaban J connectivity index is 2.78. The molecular weight excluding hydrogens is 314 g/mol. The lowest BCUT2D eigenvalue weighted by Gasteiger charge is -2.26. The zero-order valence-electron chi connectivity index (χ0n) is 11.2. The molecule has 18 heavy (non-hydrogen) atoms. The van der Waals surface area contributed by atoms with Gasteiger partial charge in [-0.2, -0.15) is 0 Å². The molecule has 2 nitrogen and oxygen atoms in total. The lowest BCUT2D eigenvalue weighted by Crippen LogP contribution is -2.31. The summed E-state index contributed by atoms with van der Waals surface area (Å²) in [5.41, 5.74) is 1.25. The Hall–Kier alpha value is -0.250. The standard InChI is InChI=1S/C14H21BrClNO/c1-11(2)17(8-4-7-16)10-12-9-13(18-3)5-6-14(12)15/h5-6,9,11H,4,7-8,10H2,1-3H3. The van der Waals surface area contributed by atoms with E-state index in [-0.39, 0.29) is 0 Å². The zero-order valence-corrected chi connectivity index (χ0v) is 13.6. The SMILES string of the molecule is COc1ccc(Br)c(CN(CCCCl)C(C)C)c1. The first kappa shape index (κ1) is 15.8. The molecule has 0 saturated heterocycles. The lowest BCUT2D eigenvalue weighted by atomic mass is 10.1. The summed E-state index contributed by atoms with van der Waals surface area (Å²) in [4.78, 5) is 2.42. The van der Waals surface area contributed by atoms with Gasteiger partial charge in [0.25, 0.3) is 0 Å². The van der Waals surface area contributed by atoms with Gasteiger partial charge in [0.2, 0.25) is 0 Å². The van der Waals surface area contributed by atoms with Crippen LogP contribution in [0.2, 0.25) is 0 Å². The lowest BCUT2D eigenvalue weighted by molar-refractivity contribution is 0.213. The van der Waals surface area contributed by atoms with E-state index in [4.69, 9.17) is 16.3 Å². The maximum atomic E-state index is 5.78. The number of benzene rings is 1.